The van der Waals surface area contributed by atoms with Crippen LogP contribution >= 0.6 is 22.7 Å². The number of aryl methyl sites for hydroxylation is 2. The number of nitrogens with one attached hydrogen (secondary N) is 4. The molecule has 8 aromatic heterocycles. The standard InChI is InChI=1S/2C33H33FN10OS.C2H6.2CH4/c2*1-3-26-31(41(2)33-40-30(27(16-35)46-33)21-4-8-24(34)9-5-21)44-20-23(7-11-29(44)39-26)22-6-10-28(37-17-22)42-12-14-43(15-13-42)32(45)38-25-18-36-19-25;1-2;;/h2*4-11,17,20,25,36H,3,12-15,18-19H2,1-2H3,(H,38,45);1-2H3;2*1H4/i;;1D;;. The van der Waals surface area contributed by atoms with Crippen molar-refractivity contribution in [1.29, 1.82) is 10.5 Å². The lowest BCUT2D eigenvalue weighted by atomic mass is 10.1. The van der Waals surface area contributed by atoms with Crippen LogP contribution < -0.4 is 40.9 Å². The molecule has 4 saturated heterocycles. The number of nitriles is 2. The van der Waals surface area contributed by atoms with Crippen LogP contribution in [0.5, 0.6) is 0 Å². The molecule has 4 fully saturated rings. The molecule has 4 aliphatic rings. The number of benzene rings is 2. The fourth-order valence-corrected chi connectivity index (χ4v) is 13.3. The molecule has 0 radical (unpaired) electrons. The number of fused-ring (bicyclic) bond motifs is 2. The van der Waals surface area contributed by atoms with Gasteiger partial charge in [-0.3, -0.25) is 8.80 Å². The number of carbonyl (C=O) groups is 2. The van der Waals surface area contributed by atoms with Crippen LogP contribution in [0.3, 0.4) is 0 Å². The van der Waals surface area contributed by atoms with Gasteiger partial charge >= 0.3 is 12.1 Å². The molecule has 0 unspecified atom stereocenters. The van der Waals surface area contributed by atoms with Crippen molar-refractivity contribution < 1.29 is 19.7 Å². The predicted molar refractivity (Wildman–Crippen MR) is 379 cm³/mol. The zero-order valence-electron chi connectivity index (χ0n) is 53.9. The smallest absolute Gasteiger partial charge is 0.317 e. The first-order valence-corrected chi connectivity index (χ1v) is 33.0. The number of thiazole rings is 2. The second-order valence-electron chi connectivity index (χ2n) is 22.8. The normalized spacial score (nSPS) is 14.7. The fourth-order valence-electron chi connectivity index (χ4n) is 11.6. The van der Waals surface area contributed by atoms with E-state index in [2.05, 4.69) is 90.4 Å². The topological polar surface area (TPSA) is 235 Å². The molecule has 0 saturated carbocycles. The highest BCUT2D eigenvalue weighted by Crippen LogP contribution is 2.40. The van der Waals surface area contributed by atoms with Gasteiger partial charge in [-0.1, -0.05) is 65.2 Å². The Labute approximate surface area is 567 Å². The van der Waals surface area contributed by atoms with E-state index in [0.29, 0.717) is 88.5 Å². The maximum absolute atomic E-state index is 13.6. The summed E-state index contributed by atoms with van der Waals surface area (Å²) in [5.74, 6) is 2.83. The second kappa shape index (κ2) is 30.5. The van der Waals surface area contributed by atoms with Crippen molar-refractivity contribution in [3.63, 3.8) is 0 Å². The van der Waals surface area contributed by atoms with Crippen molar-refractivity contribution in [3.8, 4) is 56.9 Å². The average molecular weight is 1340 g/mol. The van der Waals surface area contributed by atoms with Crippen LogP contribution in [-0.2, 0) is 12.8 Å². The Morgan fingerprint density at radius 2 is 0.917 bits per heavy atom. The van der Waals surface area contributed by atoms with Crippen LogP contribution in [0.15, 0.2) is 122 Å². The van der Waals surface area contributed by atoms with Gasteiger partial charge in [0.25, 0.3) is 0 Å². The Kier molecular flexibility index (Phi) is 21.4. The highest BCUT2D eigenvalue weighted by atomic mass is 32.1. The summed E-state index contributed by atoms with van der Waals surface area (Å²) < 4.78 is 37.4. The second-order valence-corrected chi connectivity index (χ2v) is 24.8. The number of anilines is 6. The number of urea groups is 2. The van der Waals surface area contributed by atoms with Crippen molar-refractivity contribution in [2.24, 2.45) is 0 Å². The van der Waals surface area contributed by atoms with E-state index in [9.17, 15) is 28.9 Å². The van der Waals surface area contributed by atoms with E-state index >= 15 is 0 Å². The lowest BCUT2D eigenvalue weighted by Gasteiger charge is -2.37. The minimum absolute atomic E-state index is 0. The maximum Gasteiger partial charge on any atom is 0.317 e. The molecule has 22 nitrogen and oxygen atoms in total. The molecule has 4 amide bonds. The summed E-state index contributed by atoms with van der Waals surface area (Å²) >= 11 is 2.58. The SMILES string of the molecule is C.C.CCc1nc2ccc(-c3ccc(N4CCN(C(=O)NC5CNC5)CC4)nc3)cn2c1N(C)c1nc(-c2ccc(F)cc2)c(C#N)s1.CCc1nc2ccc(-c3ccc(N4CCN(C(=O)NC5CNC5)CC4)nc3)cn2c1N(C)c1nc(-c2ccc(F)cc2)c(C#N)s1.[2H]CC. The predicted octanol–water partition coefficient (Wildman–Crippen LogP) is 11.6. The van der Waals surface area contributed by atoms with Gasteiger partial charge < -0.3 is 50.7 Å². The van der Waals surface area contributed by atoms with E-state index in [0.717, 1.165) is 121 Å². The average Bonchev–Trinajstić information content (AvgIpc) is 1.62. The Bertz CT molecular complexity index is 4150. The Morgan fingerprint density at radius 1 is 0.562 bits per heavy atom. The molecule has 14 rings (SSSR count). The molecule has 26 heteroatoms. The van der Waals surface area contributed by atoms with E-state index in [4.69, 9.17) is 31.3 Å². The third-order valence-electron chi connectivity index (χ3n) is 17.0. The highest BCUT2D eigenvalue weighted by Gasteiger charge is 2.29. The lowest BCUT2D eigenvalue weighted by Crippen LogP contribution is -2.61. The summed E-state index contributed by atoms with van der Waals surface area (Å²) in [6.07, 6.45) is 9.30. The molecule has 2 aromatic carbocycles. The van der Waals surface area contributed by atoms with Gasteiger partial charge in [-0.2, -0.15) is 10.5 Å². The molecule has 0 aliphatic carbocycles. The first-order chi connectivity index (χ1) is 46.2. The quantitative estimate of drug-likeness (QED) is 0.0792. The number of piperazine rings is 2. The maximum atomic E-state index is 13.6. The molecule has 96 heavy (non-hydrogen) atoms. The van der Waals surface area contributed by atoms with Crippen LogP contribution in [0.1, 0.15) is 65.0 Å². The minimum Gasteiger partial charge on any atom is -0.353 e. The fraction of sp³-hybridized carbons (Fsp3) is 0.343. The lowest BCUT2D eigenvalue weighted by molar-refractivity contribution is 0.184. The Balaban J connectivity index is 0.000000199. The molecule has 4 N–H and O–H groups in total. The summed E-state index contributed by atoms with van der Waals surface area (Å²) in [5, 5.41) is 33.5. The number of pyridine rings is 4. The zero-order valence-corrected chi connectivity index (χ0v) is 54.5. The molecular weight excluding hydrogens is 1260 g/mol. The first-order valence-electron chi connectivity index (χ1n) is 32.0. The minimum atomic E-state index is -0.338. The summed E-state index contributed by atoms with van der Waals surface area (Å²) in [7, 11) is 3.85. The summed E-state index contributed by atoms with van der Waals surface area (Å²) in [6, 6.07) is 33.3. The van der Waals surface area contributed by atoms with Crippen LogP contribution in [-0.4, -0.2) is 165 Å². The molecule has 0 spiro atoms. The largest absolute Gasteiger partial charge is 0.353 e. The molecule has 498 valence electrons. The number of rotatable bonds is 14. The van der Waals surface area contributed by atoms with Crippen molar-refractivity contribution in [2.45, 2.75) is 67.4 Å². The summed E-state index contributed by atoms with van der Waals surface area (Å²) in [5.41, 5.74) is 9.77. The van der Waals surface area contributed by atoms with Gasteiger partial charge in [-0.25, -0.2) is 48.3 Å². The van der Waals surface area contributed by atoms with Gasteiger partial charge in [0.05, 0.1) is 23.5 Å². The van der Waals surface area contributed by atoms with Gasteiger partial charge in [0.1, 0.15) is 79.5 Å². The molecule has 12 heterocycles. The number of aromatic nitrogens is 8. The van der Waals surface area contributed by atoms with E-state index in [-0.39, 0.29) is 50.6 Å². The van der Waals surface area contributed by atoms with Gasteiger partial charge in [0.15, 0.2) is 10.3 Å². The highest BCUT2D eigenvalue weighted by molar-refractivity contribution is 7.17. The molecule has 4 aliphatic heterocycles. The molecule has 10 aromatic rings. The van der Waals surface area contributed by atoms with E-state index in [1.165, 1.54) is 46.9 Å². The van der Waals surface area contributed by atoms with Gasteiger partial charge in [0, 0.05) is 152 Å². The van der Waals surface area contributed by atoms with Gasteiger partial charge in [-0.05, 0) is 110 Å². The van der Waals surface area contributed by atoms with E-state index in [1.807, 2.05) is 82.5 Å². The van der Waals surface area contributed by atoms with Crippen LogP contribution in [0.25, 0.3) is 56.1 Å². The number of amides is 4. The number of halogens is 2. The first kappa shape index (κ1) is 67.3. The monoisotopic (exact) mass is 1340 g/mol. The van der Waals surface area contributed by atoms with E-state index in [1.54, 1.807) is 31.2 Å². The third-order valence-corrected chi connectivity index (χ3v) is 19.1. The molecular formula is C70H80F2N20O2S2. The third kappa shape index (κ3) is 14.4. The number of nitrogens with zero attached hydrogens (tertiary/aromatic N) is 16. The van der Waals surface area contributed by atoms with Crippen molar-refractivity contribution in [3.05, 3.63) is 155 Å². The molecule has 0 bridgehead atoms. The van der Waals surface area contributed by atoms with Crippen LogP contribution in [0.2, 0.25) is 0 Å². The van der Waals surface area contributed by atoms with Gasteiger partial charge in [0.2, 0.25) is 0 Å². The molecule has 0 atom stereocenters. The van der Waals surface area contributed by atoms with Crippen LogP contribution in [0, 0.1) is 34.3 Å². The Hall–Kier alpha value is -10.1. The van der Waals surface area contributed by atoms with Crippen molar-refractivity contribution in [1.82, 2.24) is 69.8 Å². The number of carbonyl (C=O) groups excluding carboxylic acids is 2. The Morgan fingerprint density at radius 3 is 1.23 bits per heavy atom. The van der Waals surface area contributed by atoms with E-state index < -0.39 is 0 Å². The van der Waals surface area contributed by atoms with Crippen molar-refractivity contribution in [2.75, 3.05) is 112 Å². The van der Waals surface area contributed by atoms with Crippen molar-refractivity contribution >= 4 is 79.6 Å². The number of hydrogen-bond donors (Lipinski definition) is 4. The zero-order chi connectivity index (χ0) is 66.3. The number of hydrogen-bond acceptors (Lipinski definition) is 18. The van der Waals surface area contributed by atoms with Gasteiger partial charge in [-0.15, -0.1) is 0 Å². The summed E-state index contributed by atoms with van der Waals surface area (Å²) in [4.78, 5) is 67.0. The summed E-state index contributed by atoms with van der Waals surface area (Å²) in [6.45, 7) is 15.3. The number of imidazole rings is 2. The van der Waals surface area contributed by atoms with Crippen LogP contribution in [0.4, 0.5) is 51.9 Å².